The van der Waals surface area contributed by atoms with Gasteiger partial charge in [0, 0.05) is 42.3 Å². The molecule has 1 aliphatic heterocycles. The van der Waals surface area contributed by atoms with Crippen LogP contribution in [0.1, 0.15) is 22.8 Å². The van der Waals surface area contributed by atoms with Crippen LogP contribution in [-0.2, 0) is 16.0 Å². The van der Waals surface area contributed by atoms with E-state index in [4.69, 9.17) is 4.74 Å². The molecule has 2 aromatic heterocycles. The minimum Gasteiger partial charge on any atom is -0.361 e. The zero-order valence-electron chi connectivity index (χ0n) is 17.4. The summed E-state index contributed by atoms with van der Waals surface area (Å²) >= 11 is 1.69. The number of likely N-dealkylation sites (N-methyl/N-ethyl adjacent to an activating group) is 1. The van der Waals surface area contributed by atoms with Gasteiger partial charge in [-0.2, -0.15) is 0 Å². The number of aromatic nitrogens is 1. The molecule has 4 rings (SSSR count). The van der Waals surface area contributed by atoms with Crippen molar-refractivity contribution in [2.45, 2.75) is 18.9 Å². The minimum absolute atomic E-state index is 0.118. The van der Waals surface area contributed by atoms with Gasteiger partial charge in [-0.25, -0.2) is 0 Å². The molecule has 1 aromatic carbocycles. The summed E-state index contributed by atoms with van der Waals surface area (Å²) in [7, 11) is 0. The summed E-state index contributed by atoms with van der Waals surface area (Å²) in [4.78, 5) is 33.0. The second-order valence-electron chi connectivity index (χ2n) is 7.52. The standard InChI is InChI=1S/C24H25N3O3S/c1-2-26-23(29)24(16-18-5-7-19(8-6-18)21-4-3-15-31-21)17-27(13-14-30-24)22(28)20-9-11-25-12-10-20/h3-12,15H,2,13-14,16-17H2,1H3,(H,26,29)/t24-/m0/s1. The van der Waals surface area contributed by atoms with Crippen LogP contribution in [0.3, 0.4) is 0 Å². The Bertz CT molecular complexity index is 1020. The fraction of sp³-hybridized carbons (Fsp3) is 0.292. The van der Waals surface area contributed by atoms with Crippen LogP contribution in [0, 0.1) is 0 Å². The van der Waals surface area contributed by atoms with Crippen LogP contribution in [0.4, 0.5) is 0 Å². The fourth-order valence-electron chi connectivity index (χ4n) is 3.84. The Hall–Kier alpha value is -3.03. The number of hydrogen-bond acceptors (Lipinski definition) is 5. The smallest absolute Gasteiger partial charge is 0.254 e. The van der Waals surface area contributed by atoms with Gasteiger partial charge in [0.1, 0.15) is 0 Å². The predicted octanol–water partition coefficient (Wildman–Crippen LogP) is 3.40. The molecule has 1 N–H and O–H groups in total. The Kier molecular flexibility index (Phi) is 6.44. The van der Waals surface area contributed by atoms with Gasteiger partial charge in [0.05, 0.1) is 13.2 Å². The lowest BCUT2D eigenvalue weighted by Crippen LogP contribution is -2.62. The van der Waals surface area contributed by atoms with Crippen molar-refractivity contribution in [3.8, 4) is 10.4 Å². The number of carbonyl (C=O) groups excluding carboxylic acids is 2. The van der Waals surface area contributed by atoms with E-state index >= 15 is 0 Å². The van der Waals surface area contributed by atoms with Crippen LogP contribution in [-0.4, -0.2) is 53.5 Å². The lowest BCUT2D eigenvalue weighted by Gasteiger charge is -2.41. The molecule has 0 bridgehead atoms. The number of thiophene rings is 1. The first-order valence-corrected chi connectivity index (χ1v) is 11.2. The molecule has 3 heterocycles. The quantitative estimate of drug-likeness (QED) is 0.644. The van der Waals surface area contributed by atoms with Gasteiger partial charge in [-0.05, 0) is 41.6 Å². The van der Waals surface area contributed by atoms with Crippen LogP contribution >= 0.6 is 11.3 Å². The molecule has 1 atom stereocenters. The number of nitrogens with zero attached hydrogens (tertiary/aromatic N) is 2. The van der Waals surface area contributed by atoms with Crippen molar-refractivity contribution in [3.63, 3.8) is 0 Å². The highest BCUT2D eigenvalue weighted by molar-refractivity contribution is 7.13. The van der Waals surface area contributed by atoms with E-state index in [0.29, 0.717) is 31.7 Å². The van der Waals surface area contributed by atoms with E-state index in [1.54, 1.807) is 40.8 Å². The second kappa shape index (κ2) is 9.41. The Morgan fingerprint density at radius 3 is 2.61 bits per heavy atom. The highest BCUT2D eigenvalue weighted by atomic mass is 32.1. The molecule has 1 aliphatic rings. The summed E-state index contributed by atoms with van der Waals surface area (Å²) in [6.07, 6.45) is 3.59. The Labute approximate surface area is 185 Å². The largest absolute Gasteiger partial charge is 0.361 e. The number of nitrogens with one attached hydrogen (secondary N) is 1. The first-order valence-electron chi connectivity index (χ1n) is 10.4. The van der Waals surface area contributed by atoms with Crippen molar-refractivity contribution in [1.29, 1.82) is 0 Å². The zero-order chi connectivity index (χ0) is 21.7. The monoisotopic (exact) mass is 435 g/mol. The van der Waals surface area contributed by atoms with Crippen molar-refractivity contribution >= 4 is 23.2 Å². The highest BCUT2D eigenvalue weighted by Crippen LogP contribution is 2.28. The zero-order valence-corrected chi connectivity index (χ0v) is 18.2. The molecule has 7 heteroatoms. The van der Waals surface area contributed by atoms with Gasteiger partial charge in [0.25, 0.3) is 11.8 Å². The lowest BCUT2D eigenvalue weighted by molar-refractivity contribution is -0.157. The first-order chi connectivity index (χ1) is 15.1. The third kappa shape index (κ3) is 4.68. The van der Waals surface area contributed by atoms with Crippen molar-refractivity contribution in [3.05, 3.63) is 77.4 Å². The summed E-state index contributed by atoms with van der Waals surface area (Å²) in [6, 6.07) is 15.7. The van der Waals surface area contributed by atoms with E-state index in [1.807, 2.05) is 25.1 Å². The molecule has 0 unspecified atom stereocenters. The van der Waals surface area contributed by atoms with E-state index < -0.39 is 5.60 Å². The molecule has 1 saturated heterocycles. The molecule has 0 saturated carbocycles. The van der Waals surface area contributed by atoms with Crippen LogP contribution < -0.4 is 5.32 Å². The number of morpholine rings is 1. The summed E-state index contributed by atoms with van der Waals surface area (Å²) in [6.45, 7) is 3.33. The number of amides is 2. The van der Waals surface area contributed by atoms with Gasteiger partial charge >= 0.3 is 0 Å². The molecule has 3 aromatic rings. The van der Waals surface area contributed by atoms with Crippen molar-refractivity contribution in [2.75, 3.05) is 26.2 Å². The number of ether oxygens (including phenoxy) is 1. The summed E-state index contributed by atoms with van der Waals surface area (Å²) < 4.78 is 6.09. The molecule has 0 aliphatic carbocycles. The normalized spacial score (nSPS) is 18.5. The molecule has 31 heavy (non-hydrogen) atoms. The summed E-state index contributed by atoms with van der Waals surface area (Å²) in [5, 5.41) is 4.95. The number of rotatable bonds is 6. The third-order valence-electron chi connectivity index (χ3n) is 5.40. The number of pyridine rings is 1. The molecule has 0 spiro atoms. The topological polar surface area (TPSA) is 71.5 Å². The van der Waals surface area contributed by atoms with Crippen molar-refractivity contribution in [2.24, 2.45) is 0 Å². The van der Waals surface area contributed by atoms with Gasteiger partial charge < -0.3 is 15.0 Å². The molecule has 1 fully saturated rings. The Morgan fingerprint density at radius 1 is 1.16 bits per heavy atom. The molecule has 160 valence electrons. The van der Waals surface area contributed by atoms with Gasteiger partial charge in [0.2, 0.25) is 0 Å². The van der Waals surface area contributed by atoms with Crippen molar-refractivity contribution < 1.29 is 14.3 Å². The SMILES string of the molecule is CCNC(=O)[C@]1(Cc2ccc(-c3cccs3)cc2)CN(C(=O)c2ccncc2)CCO1. The fourth-order valence-corrected chi connectivity index (χ4v) is 4.57. The van der Waals surface area contributed by atoms with Crippen LogP contribution in [0.5, 0.6) is 0 Å². The maximum absolute atomic E-state index is 13.1. The number of hydrogen-bond donors (Lipinski definition) is 1. The van der Waals surface area contributed by atoms with E-state index in [0.717, 1.165) is 11.1 Å². The van der Waals surface area contributed by atoms with Crippen LogP contribution in [0.15, 0.2) is 66.3 Å². The lowest BCUT2D eigenvalue weighted by atomic mass is 9.90. The van der Waals surface area contributed by atoms with E-state index in [-0.39, 0.29) is 18.4 Å². The molecule has 6 nitrogen and oxygen atoms in total. The Balaban J connectivity index is 1.58. The van der Waals surface area contributed by atoms with Gasteiger partial charge in [-0.3, -0.25) is 14.6 Å². The summed E-state index contributed by atoms with van der Waals surface area (Å²) in [5.74, 6) is -0.308. The molecule has 2 amide bonds. The molecule has 0 radical (unpaired) electrons. The second-order valence-corrected chi connectivity index (χ2v) is 8.46. The summed E-state index contributed by atoms with van der Waals surface area (Å²) in [5.41, 5.74) is 1.57. The average Bonchev–Trinajstić information content (AvgIpc) is 3.35. The third-order valence-corrected chi connectivity index (χ3v) is 6.32. The minimum atomic E-state index is -1.12. The van der Waals surface area contributed by atoms with E-state index in [1.165, 1.54) is 4.88 Å². The maximum Gasteiger partial charge on any atom is 0.254 e. The average molecular weight is 436 g/mol. The van der Waals surface area contributed by atoms with E-state index in [2.05, 4.69) is 33.9 Å². The van der Waals surface area contributed by atoms with Crippen molar-refractivity contribution in [1.82, 2.24) is 15.2 Å². The van der Waals surface area contributed by atoms with E-state index in [9.17, 15) is 9.59 Å². The van der Waals surface area contributed by atoms with Crippen LogP contribution in [0.25, 0.3) is 10.4 Å². The van der Waals surface area contributed by atoms with Gasteiger partial charge in [-0.15, -0.1) is 11.3 Å². The number of benzene rings is 1. The van der Waals surface area contributed by atoms with Crippen LogP contribution in [0.2, 0.25) is 0 Å². The first kappa shape index (κ1) is 21.2. The Morgan fingerprint density at radius 2 is 1.94 bits per heavy atom. The predicted molar refractivity (Wildman–Crippen MR) is 121 cm³/mol. The highest BCUT2D eigenvalue weighted by Gasteiger charge is 2.45. The molecular weight excluding hydrogens is 410 g/mol. The number of carbonyl (C=O) groups is 2. The van der Waals surface area contributed by atoms with Gasteiger partial charge in [-0.1, -0.05) is 30.3 Å². The van der Waals surface area contributed by atoms with Gasteiger partial charge in [0.15, 0.2) is 5.60 Å². The maximum atomic E-state index is 13.1. The molecular formula is C24H25N3O3S.